The first-order chi connectivity index (χ1) is 9.56. The highest BCUT2D eigenvalue weighted by molar-refractivity contribution is 5.97. The van der Waals surface area contributed by atoms with E-state index < -0.39 is 17.9 Å². The molecule has 0 aromatic carbocycles. The first-order valence-electron chi connectivity index (χ1n) is 6.62. The zero-order valence-corrected chi connectivity index (χ0v) is 11.2. The second-order valence-electron chi connectivity index (χ2n) is 4.87. The molecule has 0 spiro atoms. The first kappa shape index (κ1) is 14.3. The zero-order valence-electron chi connectivity index (χ0n) is 11.2. The van der Waals surface area contributed by atoms with Crippen LogP contribution in [0.2, 0.25) is 0 Å². The molecule has 0 bridgehead atoms. The summed E-state index contributed by atoms with van der Waals surface area (Å²) in [5, 5.41) is 2.61. The lowest BCUT2D eigenvalue weighted by molar-refractivity contribution is -0.123. The van der Waals surface area contributed by atoms with Crippen LogP contribution in [0.4, 0.5) is 11.5 Å². The smallest absolute Gasteiger partial charge is 0.241 e. The van der Waals surface area contributed by atoms with E-state index in [4.69, 9.17) is 11.5 Å². The molecule has 2 rings (SSSR count). The number of nitrogens with two attached hydrogens (primary N) is 2. The van der Waals surface area contributed by atoms with Crippen molar-refractivity contribution >= 4 is 23.3 Å². The van der Waals surface area contributed by atoms with E-state index in [9.17, 15) is 9.59 Å². The Labute approximate surface area is 117 Å². The van der Waals surface area contributed by atoms with Crippen LogP contribution in [0.3, 0.4) is 0 Å². The summed E-state index contributed by atoms with van der Waals surface area (Å²) in [5.41, 5.74) is 11.1. The van der Waals surface area contributed by atoms with Crippen LogP contribution >= 0.6 is 0 Å². The second kappa shape index (κ2) is 6.33. The van der Waals surface area contributed by atoms with Crippen molar-refractivity contribution in [1.82, 2.24) is 4.98 Å². The topological polar surface area (TPSA) is 114 Å². The van der Waals surface area contributed by atoms with Crippen molar-refractivity contribution in [3.8, 4) is 0 Å². The Morgan fingerprint density at radius 2 is 2.05 bits per heavy atom. The molecule has 0 radical (unpaired) electrons. The van der Waals surface area contributed by atoms with Crippen molar-refractivity contribution in [3.05, 3.63) is 18.3 Å². The molecule has 108 valence electrons. The Kier molecular flexibility index (Phi) is 4.52. The average Bonchev–Trinajstić information content (AvgIpc) is 2.92. The van der Waals surface area contributed by atoms with Crippen molar-refractivity contribution in [3.63, 3.8) is 0 Å². The number of primary amides is 1. The van der Waals surface area contributed by atoms with Gasteiger partial charge in [0.1, 0.15) is 5.82 Å². The molecule has 1 saturated heterocycles. The van der Waals surface area contributed by atoms with Gasteiger partial charge >= 0.3 is 0 Å². The van der Waals surface area contributed by atoms with Gasteiger partial charge in [0, 0.05) is 13.1 Å². The van der Waals surface area contributed by atoms with Gasteiger partial charge in [0.25, 0.3) is 0 Å². The number of aromatic nitrogens is 1. The molecule has 5 N–H and O–H groups in total. The molecular formula is C13H19N5O2. The molecule has 1 aliphatic rings. The first-order valence-corrected chi connectivity index (χ1v) is 6.62. The molecule has 2 heterocycles. The summed E-state index contributed by atoms with van der Waals surface area (Å²) in [6, 6.07) is 2.70. The van der Waals surface area contributed by atoms with Crippen molar-refractivity contribution < 1.29 is 9.59 Å². The largest absolute Gasteiger partial charge is 0.370 e. The van der Waals surface area contributed by atoms with Gasteiger partial charge in [0.15, 0.2) is 0 Å². The molecule has 0 saturated carbocycles. The minimum Gasteiger partial charge on any atom is -0.370 e. The molecule has 1 aliphatic heterocycles. The highest BCUT2D eigenvalue weighted by atomic mass is 16.2. The van der Waals surface area contributed by atoms with Crippen LogP contribution in [-0.2, 0) is 9.59 Å². The number of pyridine rings is 1. The molecule has 2 amide bonds. The van der Waals surface area contributed by atoms with Gasteiger partial charge in [-0.3, -0.25) is 9.59 Å². The number of nitrogens with zero attached hydrogens (tertiary/aromatic N) is 2. The van der Waals surface area contributed by atoms with E-state index in [0.717, 1.165) is 18.9 Å². The van der Waals surface area contributed by atoms with E-state index in [1.54, 1.807) is 12.3 Å². The minimum atomic E-state index is -0.939. The normalized spacial score (nSPS) is 15.9. The van der Waals surface area contributed by atoms with Gasteiger partial charge in [0.2, 0.25) is 11.8 Å². The van der Waals surface area contributed by atoms with Crippen molar-refractivity contribution in [2.24, 2.45) is 11.5 Å². The highest BCUT2D eigenvalue weighted by Crippen LogP contribution is 2.19. The highest BCUT2D eigenvalue weighted by Gasteiger charge is 2.17. The van der Waals surface area contributed by atoms with Crippen LogP contribution in [0.25, 0.3) is 0 Å². The van der Waals surface area contributed by atoms with Crippen LogP contribution < -0.4 is 21.7 Å². The third-order valence-electron chi connectivity index (χ3n) is 3.20. The van der Waals surface area contributed by atoms with Crippen LogP contribution in [0.5, 0.6) is 0 Å². The number of hydrogen-bond donors (Lipinski definition) is 3. The lowest BCUT2D eigenvalue weighted by atomic mass is 10.2. The predicted octanol–water partition coefficient (Wildman–Crippen LogP) is -0.177. The molecule has 7 nitrogen and oxygen atoms in total. The number of carbonyl (C=O) groups is 2. The summed E-state index contributed by atoms with van der Waals surface area (Å²) in [6.45, 7) is 2.03. The molecule has 20 heavy (non-hydrogen) atoms. The van der Waals surface area contributed by atoms with Gasteiger partial charge in [-0.25, -0.2) is 4.98 Å². The quantitative estimate of drug-likeness (QED) is 0.691. The summed E-state index contributed by atoms with van der Waals surface area (Å²) in [7, 11) is 0. The fraction of sp³-hybridized carbons (Fsp3) is 0.462. The lowest BCUT2D eigenvalue weighted by Crippen LogP contribution is -2.39. The molecule has 1 aromatic rings. The predicted molar refractivity (Wildman–Crippen MR) is 76.1 cm³/mol. The lowest BCUT2D eigenvalue weighted by Gasteiger charge is -2.16. The van der Waals surface area contributed by atoms with Crippen molar-refractivity contribution in [1.29, 1.82) is 0 Å². The Bertz CT molecular complexity index is 482. The van der Waals surface area contributed by atoms with Gasteiger partial charge in [0.05, 0.1) is 24.3 Å². The van der Waals surface area contributed by atoms with E-state index in [1.807, 2.05) is 6.07 Å². The Hall–Kier alpha value is -2.15. The molecule has 0 aliphatic carbocycles. The average molecular weight is 277 g/mol. The number of amides is 2. The number of nitrogens with one attached hydrogen (secondary N) is 1. The second-order valence-corrected chi connectivity index (χ2v) is 4.87. The Morgan fingerprint density at radius 3 is 2.60 bits per heavy atom. The van der Waals surface area contributed by atoms with Gasteiger partial charge in [-0.05, 0) is 25.0 Å². The number of anilines is 2. The van der Waals surface area contributed by atoms with Gasteiger partial charge in [-0.1, -0.05) is 0 Å². The molecule has 7 heteroatoms. The standard InChI is InChI=1S/C13H19N5O2/c14-10(7-11(15)19)13(20)17-9-3-4-12(16-8-9)18-5-1-2-6-18/h3-4,8,10H,1-2,5-7,14H2,(H2,15,19)(H,17,20). The van der Waals surface area contributed by atoms with E-state index in [2.05, 4.69) is 15.2 Å². The van der Waals surface area contributed by atoms with E-state index >= 15 is 0 Å². The van der Waals surface area contributed by atoms with Crippen molar-refractivity contribution in [2.75, 3.05) is 23.3 Å². The Balaban J connectivity index is 1.93. The van der Waals surface area contributed by atoms with Gasteiger partial charge < -0.3 is 21.7 Å². The molecule has 1 unspecified atom stereocenters. The van der Waals surface area contributed by atoms with Gasteiger partial charge in [-0.2, -0.15) is 0 Å². The van der Waals surface area contributed by atoms with E-state index in [-0.39, 0.29) is 6.42 Å². The minimum absolute atomic E-state index is 0.175. The number of rotatable bonds is 5. The summed E-state index contributed by atoms with van der Waals surface area (Å²) in [5.74, 6) is -0.142. The molecule has 1 aromatic heterocycles. The van der Waals surface area contributed by atoms with Crippen LogP contribution in [0.1, 0.15) is 19.3 Å². The van der Waals surface area contributed by atoms with Crippen LogP contribution in [-0.4, -0.2) is 35.9 Å². The maximum atomic E-state index is 11.7. The molecule has 1 atom stereocenters. The Morgan fingerprint density at radius 1 is 1.35 bits per heavy atom. The molecular weight excluding hydrogens is 258 g/mol. The summed E-state index contributed by atoms with van der Waals surface area (Å²) < 4.78 is 0. The maximum absolute atomic E-state index is 11.7. The monoisotopic (exact) mass is 277 g/mol. The van der Waals surface area contributed by atoms with E-state index in [1.165, 1.54) is 12.8 Å². The molecule has 1 fully saturated rings. The zero-order chi connectivity index (χ0) is 14.5. The van der Waals surface area contributed by atoms with Crippen LogP contribution in [0, 0.1) is 0 Å². The fourth-order valence-corrected chi connectivity index (χ4v) is 2.14. The maximum Gasteiger partial charge on any atom is 0.241 e. The third kappa shape index (κ3) is 3.67. The summed E-state index contributed by atoms with van der Waals surface area (Å²) in [4.78, 5) is 28.9. The number of hydrogen-bond acceptors (Lipinski definition) is 5. The number of carbonyl (C=O) groups excluding carboxylic acids is 2. The van der Waals surface area contributed by atoms with Gasteiger partial charge in [-0.15, -0.1) is 0 Å². The SMILES string of the molecule is NC(=O)CC(N)C(=O)Nc1ccc(N2CCCC2)nc1. The van der Waals surface area contributed by atoms with E-state index in [0.29, 0.717) is 5.69 Å². The third-order valence-corrected chi connectivity index (χ3v) is 3.20. The van der Waals surface area contributed by atoms with Crippen molar-refractivity contribution in [2.45, 2.75) is 25.3 Å². The fourth-order valence-electron chi connectivity index (χ4n) is 2.14. The van der Waals surface area contributed by atoms with Crippen LogP contribution in [0.15, 0.2) is 18.3 Å². The summed E-state index contributed by atoms with van der Waals surface area (Å²) >= 11 is 0. The summed E-state index contributed by atoms with van der Waals surface area (Å²) in [6.07, 6.45) is 3.78.